The summed E-state index contributed by atoms with van der Waals surface area (Å²) in [6, 6.07) is 25.1. The predicted octanol–water partition coefficient (Wildman–Crippen LogP) is 5.33. The summed E-state index contributed by atoms with van der Waals surface area (Å²) in [5.41, 5.74) is 6.24. The van der Waals surface area contributed by atoms with Crippen LogP contribution < -0.4 is 0 Å². The molecule has 0 spiro atoms. The highest BCUT2D eigenvalue weighted by Gasteiger charge is 2.20. The lowest BCUT2D eigenvalue weighted by atomic mass is 9.99. The van der Waals surface area contributed by atoms with E-state index in [1.54, 1.807) is 23.0 Å². The molecule has 2 aromatic heterocycles. The van der Waals surface area contributed by atoms with Crippen molar-refractivity contribution in [3.8, 4) is 23.2 Å². The number of nitriles is 1. The third-order valence-corrected chi connectivity index (χ3v) is 5.71. The SMILES string of the molecule is Cn1cnc(-c2ccc(N=C(c3ccc(C#N)cc3)c3c(O)n(C)c4ccccc34)cc2)c1. The number of imidazole rings is 1. The van der Waals surface area contributed by atoms with Crippen molar-refractivity contribution in [2.45, 2.75) is 0 Å². The quantitative estimate of drug-likeness (QED) is 0.391. The van der Waals surface area contributed by atoms with E-state index in [4.69, 9.17) is 4.99 Å². The standard InChI is InChI=1S/C27H21N5O/c1-31-16-23(29-17-31)19-11-13-21(14-12-19)30-26(20-9-7-18(15-28)8-10-20)25-22-5-3-4-6-24(22)32(2)27(25)33/h3-14,16-17,33H,1-2H3. The summed E-state index contributed by atoms with van der Waals surface area (Å²) in [6.45, 7) is 0. The molecule has 0 saturated heterocycles. The Morgan fingerprint density at radius 1 is 0.970 bits per heavy atom. The number of nitrogens with zero attached hydrogens (tertiary/aromatic N) is 5. The third kappa shape index (κ3) is 3.66. The molecule has 0 bridgehead atoms. The van der Waals surface area contributed by atoms with E-state index in [1.807, 2.05) is 85.5 Å². The molecule has 0 amide bonds. The van der Waals surface area contributed by atoms with Gasteiger partial charge in [0.25, 0.3) is 0 Å². The number of fused-ring (bicyclic) bond motifs is 1. The van der Waals surface area contributed by atoms with Gasteiger partial charge in [-0.25, -0.2) is 9.98 Å². The van der Waals surface area contributed by atoms with E-state index < -0.39 is 0 Å². The Bertz CT molecular complexity index is 1530. The molecular formula is C27H21N5O. The maximum absolute atomic E-state index is 11.0. The highest BCUT2D eigenvalue weighted by molar-refractivity contribution is 6.22. The summed E-state index contributed by atoms with van der Waals surface area (Å²) < 4.78 is 3.67. The van der Waals surface area contributed by atoms with Gasteiger partial charge in [0.1, 0.15) is 0 Å². The fraction of sp³-hybridized carbons (Fsp3) is 0.0741. The second-order valence-electron chi connectivity index (χ2n) is 7.90. The van der Waals surface area contributed by atoms with Gasteiger partial charge in [-0.2, -0.15) is 5.26 Å². The van der Waals surface area contributed by atoms with Crippen LogP contribution in [-0.2, 0) is 14.1 Å². The molecule has 2 heterocycles. The van der Waals surface area contributed by atoms with Gasteiger partial charge in [-0.1, -0.05) is 42.5 Å². The zero-order valence-corrected chi connectivity index (χ0v) is 18.3. The molecule has 0 saturated carbocycles. The van der Waals surface area contributed by atoms with Crippen LogP contribution >= 0.6 is 0 Å². The Morgan fingerprint density at radius 3 is 2.36 bits per heavy atom. The van der Waals surface area contributed by atoms with Crippen molar-refractivity contribution in [2.75, 3.05) is 0 Å². The van der Waals surface area contributed by atoms with Crippen LogP contribution in [-0.4, -0.2) is 24.9 Å². The minimum atomic E-state index is 0.143. The summed E-state index contributed by atoms with van der Waals surface area (Å²) in [5, 5.41) is 21.2. The van der Waals surface area contributed by atoms with Gasteiger partial charge in [0.05, 0.1) is 46.1 Å². The van der Waals surface area contributed by atoms with Gasteiger partial charge in [0.15, 0.2) is 0 Å². The van der Waals surface area contributed by atoms with E-state index in [1.165, 1.54) is 0 Å². The van der Waals surface area contributed by atoms with E-state index in [0.29, 0.717) is 16.8 Å². The third-order valence-electron chi connectivity index (χ3n) is 5.71. The Labute approximate surface area is 191 Å². The second kappa shape index (κ2) is 8.13. The summed E-state index contributed by atoms with van der Waals surface area (Å²) in [7, 11) is 3.77. The molecule has 3 aromatic carbocycles. The van der Waals surface area contributed by atoms with E-state index in [0.717, 1.165) is 33.4 Å². The molecule has 1 N–H and O–H groups in total. The van der Waals surface area contributed by atoms with Gasteiger partial charge in [0.2, 0.25) is 5.88 Å². The average molecular weight is 431 g/mol. The molecule has 0 radical (unpaired) electrons. The molecule has 0 aliphatic rings. The minimum absolute atomic E-state index is 0.143. The molecule has 160 valence electrons. The first-order chi connectivity index (χ1) is 16.0. The molecule has 6 nitrogen and oxygen atoms in total. The highest BCUT2D eigenvalue weighted by atomic mass is 16.3. The van der Waals surface area contributed by atoms with Crippen molar-refractivity contribution in [2.24, 2.45) is 19.1 Å². The Morgan fingerprint density at radius 2 is 1.70 bits per heavy atom. The van der Waals surface area contributed by atoms with E-state index in [9.17, 15) is 10.4 Å². The van der Waals surface area contributed by atoms with Crippen LogP contribution in [0.1, 0.15) is 16.7 Å². The predicted molar refractivity (Wildman–Crippen MR) is 130 cm³/mol. The zero-order valence-electron chi connectivity index (χ0n) is 18.3. The lowest BCUT2D eigenvalue weighted by Gasteiger charge is -2.09. The number of hydrogen-bond donors (Lipinski definition) is 1. The first kappa shape index (κ1) is 20.3. The number of aliphatic imine (C=N–C) groups is 1. The van der Waals surface area contributed by atoms with Crippen molar-refractivity contribution in [3.05, 3.63) is 102 Å². The van der Waals surface area contributed by atoms with Crippen molar-refractivity contribution in [1.82, 2.24) is 14.1 Å². The lowest BCUT2D eigenvalue weighted by molar-refractivity contribution is 0.434. The van der Waals surface area contributed by atoms with Crippen molar-refractivity contribution >= 4 is 22.3 Å². The van der Waals surface area contributed by atoms with E-state index in [-0.39, 0.29) is 5.88 Å². The van der Waals surface area contributed by atoms with Crippen molar-refractivity contribution < 1.29 is 5.11 Å². The second-order valence-corrected chi connectivity index (χ2v) is 7.90. The van der Waals surface area contributed by atoms with E-state index >= 15 is 0 Å². The van der Waals surface area contributed by atoms with Crippen LogP contribution in [0.2, 0.25) is 0 Å². The van der Waals surface area contributed by atoms with Crippen LogP contribution in [0, 0.1) is 11.3 Å². The summed E-state index contributed by atoms with van der Waals surface area (Å²) >= 11 is 0. The van der Waals surface area contributed by atoms with Gasteiger partial charge in [-0.05, 0) is 30.3 Å². The van der Waals surface area contributed by atoms with Crippen LogP contribution in [0.15, 0.2) is 90.3 Å². The van der Waals surface area contributed by atoms with Crippen molar-refractivity contribution in [1.29, 1.82) is 5.26 Å². The molecule has 6 heteroatoms. The monoisotopic (exact) mass is 431 g/mol. The average Bonchev–Trinajstić information content (AvgIpc) is 3.39. The maximum atomic E-state index is 11.0. The highest BCUT2D eigenvalue weighted by Crippen LogP contribution is 2.34. The maximum Gasteiger partial charge on any atom is 0.201 e. The number of para-hydroxylation sites is 1. The fourth-order valence-corrected chi connectivity index (χ4v) is 3.98. The summed E-state index contributed by atoms with van der Waals surface area (Å²) in [4.78, 5) is 9.36. The summed E-state index contributed by atoms with van der Waals surface area (Å²) in [5.74, 6) is 0.143. The molecule has 0 atom stereocenters. The first-order valence-electron chi connectivity index (χ1n) is 10.5. The molecule has 0 fully saturated rings. The number of aryl methyl sites for hydroxylation is 2. The van der Waals surface area contributed by atoms with Crippen LogP contribution in [0.4, 0.5) is 5.69 Å². The summed E-state index contributed by atoms with van der Waals surface area (Å²) in [6.07, 6.45) is 3.74. The van der Waals surface area contributed by atoms with Gasteiger partial charge in [0, 0.05) is 36.8 Å². The van der Waals surface area contributed by atoms with Crippen LogP contribution in [0.3, 0.4) is 0 Å². The van der Waals surface area contributed by atoms with Gasteiger partial charge in [-0.15, -0.1) is 0 Å². The fourth-order valence-electron chi connectivity index (χ4n) is 3.98. The molecule has 0 aliphatic carbocycles. The molecule has 0 unspecified atom stereocenters. The first-order valence-corrected chi connectivity index (χ1v) is 10.5. The Hall–Kier alpha value is -4.63. The molecular weight excluding hydrogens is 410 g/mol. The number of aromatic nitrogens is 3. The molecule has 33 heavy (non-hydrogen) atoms. The van der Waals surface area contributed by atoms with E-state index in [2.05, 4.69) is 11.1 Å². The minimum Gasteiger partial charge on any atom is -0.494 e. The lowest BCUT2D eigenvalue weighted by Crippen LogP contribution is -2.03. The smallest absolute Gasteiger partial charge is 0.201 e. The van der Waals surface area contributed by atoms with Crippen molar-refractivity contribution in [3.63, 3.8) is 0 Å². The molecule has 0 aliphatic heterocycles. The topological polar surface area (TPSA) is 79.1 Å². The normalized spacial score (nSPS) is 11.6. The van der Waals surface area contributed by atoms with Crippen LogP contribution in [0.25, 0.3) is 22.2 Å². The van der Waals surface area contributed by atoms with Gasteiger partial charge < -0.3 is 14.2 Å². The number of aromatic hydroxyl groups is 1. The molecule has 5 rings (SSSR count). The number of benzene rings is 3. The number of hydrogen-bond acceptors (Lipinski definition) is 4. The van der Waals surface area contributed by atoms with Gasteiger partial charge in [-0.3, -0.25) is 0 Å². The zero-order chi connectivity index (χ0) is 22.9. The van der Waals surface area contributed by atoms with Gasteiger partial charge >= 0.3 is 0 Å². The largest absolute Gasteiger partial charge is 0.494 e. The Balaban J connectivity index is 1.67. The molecule has 5 aromatic rings. The number of rotatable bonds is 4. The Kier molecular flexibility index (Phi) is 5.00. The van der Waals surface area contributed by atoms with Crippen LogP contribution in [0.5, 0.6) is 5.88 Å².